The van der Waals surface area contributed by atoms with Gasteiger partial charge in [0.1, 0.15) is 0 Å². The number of cyclic esters (lactones) is 1. The molecule has 1 aliphatic heterocycles. The first-order chi connectivity index (χ1) is 16.8. The van der Waals surface area contributed by atoms with Crippen molar-refractivity contribution in [3.8, 4) is 0 Å². The van der Waals surface area contributed by atoms with Crippen LogP contribution in [0.25, 0.3) is 0 Å². The molecule has 4 rings (SSSR count). The fourth-order valence-corrected chi connectivity index (χ4v) is 4.02. The molecule has 1 heterocycles. The van der Waals surface area contributed by atoms with Gasteiger partial charge < -0.3 is 15.4 Å². The zero-order valence-electron chi connectivity index (χ0n) is 20.0. The average Bonchev–Trinajstić information content (AvgIpc) is 3.16. The van der Waals surface area contributed by atoms with Gasteiger partial charge in [-0.15, -0.1) is 0 Å². The molecule has 7 nitrogen and oxygen atoms in total. The molecule has 3 amide bonds. The van der Waals surface area contributed by atoms with Crippen LogP contribution in [-0.2, 0) is 16.1 Å². The van der Waals surface area contributed by atoms with Gasteiger partial charge in [0.05, 0.1) is 6.54 Å². The Labute approximate surface area is 205 Å². The Kier molecular flexibility index (Phi) is 7.15. The normalized spacial score (nSPS) is 17.3. The Balaban J connectivity index is 1.54. The average molecular weight is 472 g/mol. The highest BCUT2D eigenvalue weighted by molar-refractivity contribution is 6.04. The van der Waals surface area contributed by atoms with Crippen molar-refractivity contribution in [2.24, 2.45) is 0 Å². The molecular formula is C28H29N3O4. The Morgan fingerprint density at radius 1 is 0.943 bits per heavy atom. The van der Waals surface area contributed by atoms with Crippen LogP contribution in [0.4, 0.5) is 10.5 Å². The van der Waals surface area contributed by atoms with Crippen LogP contribution in [0.2, 0.25) is 0 Å². The summed E-state index contributed by atoms with van der Waals surface area (Å²) in [6.45, 7) is 5.97. The van der Waals surface area contributed by atoms with Gasteiger partial charge in [-0.3, -0.25) is 14.5 Å². The molecule has 180 valence electrons. The summed E-state index contributed by atoms with van der Waals surface area (Å²) in [6, 6.07) is 22.9. The van der Waals surface area contributed by atoms with Crippen molar-refractivity contribution in [2.45, 2.75) is 45.5 Å². The lowest BCUT2D eigenvalue weighted by Crippen LogP contribution is -2.48. The van der Waals surface area contributed by atoms with Gasteiger partial charge in [-0.25, -0.2) is 4.79 Å². The van der Waals surface area contributed by atoms with Gasteiger partial charge in [-0.05, 0) is 56.2 Å². The summed E-state index contributed by atoms with van der Waals surface area (Å²) in [5.41, 5.74) is 3.82. The van der Waals surface area contributed by atoms with Crippen LogP contribution >= 0.6 is 0 Å². The maximum Gasteiger partial charge on any atom is 0.411 e. The molecule has 1 fully saturated rings. The van der Waals surface area contributed by atoms with Crippen LogP contribution in [0.15, 0.2) is 78.9 Å². The standard InChI is InChI=1S/C28H29N3O4/c1-18(2)29-27(33)24-25(35-28(34)31(24)17-20-7-5-4-6-8-20)21-13-15-23(16-14-21)30-26(32)22-11-9-19(3)10-12-22/h4-16,18,24-25H,17H2,1-3H3,(H,29,33)(H,30,32)/t24-,25-/m1/s1. The van der Waals surface area contributed by atoms with Crippen molar-refractivity contribution >= 4 is 23.6 Å². The van der Waals surface area contributed by atoms with E-state index in [1.807, 2.05) is 63.2 Å². The van der Waals surface area contributed by atoms with Gasteiger partial charge in [0, 0.05) is 17.3 Å². The van der Waals surface area contributed by atoms with E-state index in [1.165, 1.54) is 4.90 Å². The molecule has 1 saturated heterocycles. The molecule has 0 spiro atoms. The van der Waals surface area contributed by atoms with Crippen molar-refractivity contribution in [3.63, 3.8) is 0 Å². The number of carbonyl (C=O) groups is 3. The van der Waals surface area contributed by atoms with E-state index in [0.717, 1.165) is 11.1 Å². The topological polar surface area (TPSA) is 87.7 Å². The summed E-state index contributed by atoms with van der Waals surface area (Å²) in [5.74, 6) is -0.489. The van der Waals surface area contributed by atoms with Crippen LogP contribution < -0.4 is 10.6 Å². The molecule has 0 aromatic heterocycles. The van der Waals surface area contributed by atoms with Gasteiger partial charge >= 0.3 is 6.09 Å². The highest BCUT2D eigenvalue weighted by Gasteiger charge is 2.47. The van der Waals surface area contributed by atoms with E-state index in [9.17, 15) is 14.4 Å². The molecule has 2 atom stereocenters. The summed E-state index contributed by atoms with van der Waals surface area (Å²) in [6.07, 6.45) is -1.31. The molecule has 0 unspecified atom stereocenters. The molecule has 0 radical (unpaired) electrons. The van der Waals surface area contributed by atoms with E-state index in [2.05, 4.69) is 10.6 Å². The Morgan fingerprint density at radius 3 is 2.23 bits per heavy atom. The number of ether oxygens (including phenoxy) is 1. The van der Waals surface area contributed by atoms with E-state index < -0.39 is 18.2 Å². The molecule has 0 saturated carbocycles. The van der Waals surface area contributed by atoms with Crippen LogP contribution in [0.1, 0.15) is 47.0 Å². The number of anilines is 1. The second-order valence-electron chi connectivity index (χ2n) is 8.97. The minimum absolute atomic E-state index is 0.0863. The van der Waals surface area contributed by atoms with Gasteiger partial charge in [0.15, 0.2) is 12.1 Å². The Bertz CT molecular complexity index is 1190. The molecule has 2 N–H and O–H groups in total. The molecule has 3 aromatic rings. The van der Waals surface area contributed by atoms with E-state index in [-0.39, 0.29) is 24.4 Å². The van der Waals surface area contributed by atoms with E-state index >= 15 is 0 Å². The van der Waals surface area contributed by atoms with Gasteiger partial charge in [0.25, 0.3) is 5.91 Å². The minimum Gasteiger partial charge on any atom is -0.438 e. The van der Waals surface area contributed by atoms with E-state index in [0.29, 0.717) is 16.8 Å². The van der Waals surface area contributed by atoms with Gasteiger partial charge in [0.2, 0.25) is 5.91 Å². The van der Waals surface area contributed by atoms with Crippen LogP contribution in [0.3, 0.4) is 0 Å². The third kappa shape index (κ3) is 5.69. The lowest BCUT2D eigenvalue weighted by molar-refractivity contribution is -0.126. The molecule has 35 heavy (non-hydrogen) atoms. The number of nitrogens with one attached hydrogen (secondary N) is 2. The molecule has 1 aliphatic rings. The number of rotatable bonds is 7. The summed E-state index contributed by atoms with van der Waals surface area (Å²) < 4.78 is 5.69. The minimum atomic E-state index is -0.821. The number of benzene rings is 3. The third-order valence-electron chi connectivity index (χ3n) is 5.79. The first-order valence-corrected chi connectivity index (χ1v) is 11.6. The molecule has 7 heteroatoms. The largest absolute Gasteiger partial charge is 0.438 e. The smallest absolute Gasteiger partial charge is 0.411 e. The zero-order chi connectivity index (χ0) is 24.9. The number of hydrogen-bond acceptors (Lipinski definition) is 4. The van der Waals surface area contributed by atoms with Crippen molar-refractivity contribution in [1.29, 1.82) is 0 Å². The van der Waals surface area contributed by atoms with Crippen LogP contribution in [0, 0.1) is 6.92 Å². The zero-order valence-corrected chi connectivity index (χ0v) is 20.0. The Morgan fingerprint density at radius 2 is 1.60 bits per heavy atom. The van der Waals surface area contributed by atoms with Crippen molar-refractivity contribution in [1.82, 2.24) is 10.2 Å². The van der Waals surface area contributed by atoms with Gasteiger partial charge in [-0.1, -0.05) is 60.2 Å². The quantitative estimate of drug-likeness (QED) is 0.517. The maximum atomic E-state index is 13.1. The number of amides is 3. The summed E-state index contributed by atoms with van der Waals surface area (Å²) in [5, 5.41) is 5.78. The van der Waals surface area contributed by atoms with E-state index in [4.69, 9.17) is 4.74 Å². The highest BCUT2D eigenvalue weighted by atomic mass is 16.6. The summed E-state index contributed by atoms with van der Waals surface area (Å²) >= 11 is 0. The highest BCUT2D eigenvalue weighted by Crippen LogP contribution is 2.34. The first-order valence-electron chi connectivity index (χ1n) is 11.6. The van der Waals surface area contributed by atoms with E-state index in [1.54, 1.807) is 36.4 Å². The van der Waals surface area contributed by atoms with Crippen molar-refractivity contribution in [3.05, 3.63) is 101 Å². The fourth-order valence-electron chi connectivity index (χ4n) is 4.02. The fraction of sp³-hybridized carbons (Fsp3) is 0.250. The van der Waals surface area contributed by atoms with Crippen LogP contribution in [-0.4, -0.2) is 34.9 Å². The molecule has 3 aromatic carbocycles. The summed E-state index contributed by atoms with van der Waals surface area (Å²) in [7, 11) is 0. The first kappa shape index (κ1) is 24.0. The molecule has 0 aliphatic carbocycles. The maximum absolute atomic E-state index is 13.1. The monoisotopic (exact) mass is 471 g/mol. The number of aryl methyl sites for hydroxylation is 1. The molecule has 0 bridgehead atoms. The number of carbonyl (C=O) groups excluding carboxylic acids is 3. The van der Waals surface area contributed by atoms with Crippen molar-refractivity contribution < 1.29 is 19.1 Å². The number of nitrogens with zero attached hydrogens (tertiary/aromatic N) is 1. The Hall–Kier alpha value is -4.13. The third-order valence-corrected chi connectivity index (χ3v) is 5.79. The predicted molar refractivity (Wildman–Crippen MR) is 134 cm³/mol. The lowest BCUT2D eigenvalue weighted by Gasteiger charge is -2.25. The second kappa shape index (κ2) is 10.4. The van der Waals surface area contributed by atoms with Crippen LogP contribution in [0.5, 0.6) is 0 Å². The molecular weight excluding hydrogens is 442 g/mol. The predicted octanol–water partition coefficient (Wildman–Crippen LogP) is 4.83. The summed E-state index contributed by atoms with van der Waals surface area (Å²) in [4.78, 5) is 40.0. The lowest BCUT2D eigenvalue weighted by atomic mass is 10.00. The van der Waals surface area contributed by atoms with Gasteiger partial charge in [-0.2, -0.15) is 0 Å². The SMILES string of the molecule is Cc1ccc(C(=O)Nc2ccc([C@H]3OC(=O)N(Cc4ccccc4)[C@H]3C(=O)NC(C)C)cc2)cc1. The van der Waals surface area contributed by atoms with Crippen molar-refractivity contribution in [2.75, 3.05) is 5.32 Å². The number of hydrogen-bond donors (Lipinski definition) is 2. The second-order valence-corrected chi connectivity index (χ2v) is 8.97.